The van der Waals surface area contributed by atoms with Gasteiger partial charge in [0.25, 0.3) is 10.0 Å². The van der Waals surface area contributed by atoms with Crippen LogP contribution in [0.4, 0.5) is 5.82 Å². The Morgan fingerprint density at radius 2 is 1.81 bits per heavy atom. The second-order valence-electron chi connectivity index (χ2n) is 4.56. The first-order valence-corrected chi connectivity index (χ1v) is 10.0. The topological polar surface area (TPSA) is 93.2 Å². The van der Waals surface area contributed by atoms with Crippen molar-refractivity contribution in [1.29, 1.82) is 0 Å². The summed E-state index contributed by atoms with van der Waals surface area (Å²) in [5, 5.41) is 0. The molecule has 6 nitrogen and oxygen atoms in total. The summed E-state index contributed by atoms with van der Waals surface area (Å²) in [4.78, 5) is 4.78. The maximum Gasteiger partial charge on any atom is 0.272 e. The number of anilines is 1. The second kappa shape index (κ2) is 5.39. The zero-order valence-electron chi connectivity index (χ0n) is 11.6. The highest BCUT2D eigenvalue weighted by Gasteiger charge is 2.18. The average molecular weight is 346 g/mol. The molecule has 0 unspecified atom stereocenters. The maximum absolute atomic E-state index is 12.2. The molecule has 2 heterocycles. The van der Waals surface area contributed by atoms with Crippen molar-refractivity contribution in [2.24, 2.45) is 0 Å². The number of aryl methyl sites for hydroxylation is 2. The smallest absolute Gasteiger partial charge is 0.263 e. The molecular formula is C12H14N2O4S3. The number of pyridine rings is 1. The van der Waals surface area contributed by atoms with Crippen molar-refractivity contribution >= 4 is 37.0 Å². The summed E-state index contributed by atoms with van der Waals surface area (Å²) in [6.45, 7) is 3.68. The van der Waals surface area contributed by atoms with Crippen LogP contribution in [0.5, 0.6) is 0 Å². The summed E-state index contributed by atoms with van der Waals surface area (Å²) in [7, 11) is -7.06. The fourth-order valence-corrected chi connectivity index (χ4v) is 4.60. The summed E-state index contributed by atoms with van der Waals surface area (Å²) in [6, 6.07) is 4.22. The van der Waals surface area contributed by atoms with Gasteiger partial charge in [0.15, 0.2) is 9.84 Å². The molecular weight excluding hydrogens is 332 g/mol. The summed E-state index contributed by atoms with van der Waals surface area (Å²) in [5.41, 5.74) is 0.903. The normalized spacial score (nSPS) is 12.3. The third-order valence-electron chi connectivity index (χ3n) is 2.81. The Kier molecular flexibility index (Phi) is 4.09. The van der Waals surface area contributed by atoms with Crippen molar-refractivity contribution < 1.29 is 16.8 Å². The molecule has 0 aliphatic rings. The van der Waals surface area contributed by atoms with Gasteiger partial charge in [-0.1, -0.05) is 0 Å². The Morgan fingerprint density at radius 1 is 1.14 bits per heavy atom. The van der Waals surface area contributed by atoms with Crippen LogP contribution in [0.1, 0.15) is 10.4 Å². The van der Waals surface area contributed by atoms with E-state index in [0.29, 0.717) is 0 Å². The molecule has 0 atom stereocenters. The molecule has 0 saturated carbocycles. The highest BCUT2D eigenvalue weighted by Crippen LogP contribution is 2.26. The van der Waals surface area contributed by atoms with E-state index in [-0.39, 0.29) is 14.9 Å². The van der Waals surface area contributed by atoms with Gasteiger partial charge in [0.05, 0.1) is 4.90 Å². The third-order valence-corrected chi connectivity index (χ3v) is 6.89. The number of hydrogen-bond acceptors (Lipinski definition) is 6. The lowest BCUT2D eigenvalue weighted by Crippen LogP contribution is -2.12. The molecule has 0 amide bonds. The lowest BCUT2D eigenvalue weighted by Gasteiger charge is -2.05. The SMILES string of the molecule is Cc1cc(S(=O)(=O)Nc2ccc(S(C)(=O)=O)cn2)sc1C. The van der Waals surface area contributed by atoms with E-state index in [1.807, 2.05) is 13.8 Å². The molecule has 0 spiro atoms. The standard InChI is InChI=1S/C12H14N2O4S3/c1-8-6-12(19-9(8)2)21(17,18)14-11-5-4-10(7-13-11)20(3,15)16/h4-7H,1-3H3,(H,13,14). The fourth-order valence-electron chi connectivity index (χ4n) is 1.52. The number of hydrogen-bond donors (Lipinski definition) is 1. The number of nitrogens with one attached hydrogen (secondary N) is 1. The molecule has 21 heavy (non-hydrogen) atoms. The third kappa shape index (κ3) is 3.60. The Morgan fingerprint density at radius 3 is 2.24 bits per heavy atom. The molecule has 2 aromatic rings. The fraction of sp³-hybridized carbons (Fsp3) is 0.250. The van der Waals surface area contributed by atoms with E-state index in [1.54, 1.807) is 6.07 Å². The van der Waals surface area contributed by atoms with Crippen LogP contribution in [0.25, 0.3) is 0 Å². The van der Waals surface area contributed by atoms with Gasteiger partial charge < -0.3 is 0 Å². The van der Waals surface area contributed by atoms with Crippen LogP contribution in [0, 0.1) is 13.8 Å². The van der Waals surface area contributed by atoms with Gasteiger partial charge in [0.2, 0.25) is 0 Å². The van der Waals surface area contributed by atoms with E-state index in [0.717, 1.165) is 22.9 Å². The van der Waals surface area contributed by atoms with E-state index in [4.69, 9.17) is 0 Å². The molecule has 2 rings (SSSR count). The number of aromatic nitrogens is 1. The molecule has 114 valence electrons. The summed E-state index contributed by atoms with van der Waals surface area (Å²) in [6.07, 6.45) is 2.18. The Hall–Kier alpha value is -1.45. The minimum atomic E-state index is -3.71. The van der Waals surface area contributed by atoms with Crippen LogP contribution in [0.15, 0.2) is 33.5 Å². The summed E-state index contributed by atoms with van der Waals surface area (Å²) in [5.74, 6) is 0.0751. The predicted molar refractivity (Wildman–Crippen MR) is 81.9 cm³/mol. The second-order valence-corrected chi connectivity index (χ2v) is 9.74. The number of nitrogens with zero attached hydrogens (tertiary/aromatic N) is 1. The van der Waals surface area contributed by atoms with Crippen LogP contribution in [-0.4, -0.2) is 28.1 Å². The van der Waals surface area contributed by atoms with E-state index < -0.39 is 19.9 Å². The largest absolute Gasteiger partial charge is 0.272 e. The van der Waals surface area contributed by atoms with E-state index >= 15 is 0 Å². The van der Waals surface area contributed by atoms with Gasteiger partial charge in [0, 0.05) is 17.3 Å². The molecule has 0 aromatic carbocycles. The van der Waals surface area contributed by atoms with Gasteiger partial charge in [-0.2, -0.15) is 0 Å². The zero-order chi connectivity index (χ0) is 15.8. The van der Waals surface area contributed by atoms with E-state index in [2.05, 4.69) is 9.71 Å². The van der Waals surface area contributed by atoms with Gasteiger partial charge in [-0.3, -0.25) is 4.72 Å². The molecule has 9 heteroatoms. The van der Waals surface area contributed by atoms with Crippen molar-refractivity contribution in [2.45, 2.75) is 23.0 Å². The number of thiophene rings is 1. The van der Waals surface area contributed by atoms with Crippen molar-refractivity contribution in [2.75, 3.05) is 11.0 Å². The number of sulfone groups is 1. The molecule has 0 bridgehead atoms. The number of sulfonamides is 1. The summed E-state index contributed by atoms with van der Waals surface area (Å²) >= 11 is 1.17. The minimum Gasteiger partial charge on any atom is -0.263 e. The molecule has 0 radical (unpaired) electrons. The van der Waals surface area contributed by atoms with Crippen LogP contribution in [-0.2, 0) is 19.9 Å². The van der Waals surface area contributed by atoms with Gasteiger partial charge >= 0.3 is 0 Å². The van der Waals surface area contributed by atoms with Gasteiger partial charge in [0.1, 0.15) is 10.0 Å². The van der Waals surface area contributed by atoms with Crippen molar-refractivity contribution in [1.82, 2.24) is 4.98 Å². The number of rotatable bonds is 4. The van der Waals surface area contributed by atoms with Crippen LogP contribution >= 0.6 is 11.3 Å². The summed E-state index contributed by atoms with van der Waals surface area (Å²) < 4.78 is 49.5. The lowest BCUT2D eigenvalue weighted by atomic mass is 10.3. The molecule has 0 saturated heterocycles. The zero-order valence-corrected chi connectivity index (χ0v) is 14.1. The van der Waals surface area contributed by atoms with Crippen LogP contribution in [0.2, 0.25) is 0 Å². The first-order chi connectivity index (χ1) is 9.59. The average Bonchev–Trinajstić information content (AvgIpc) is 2.69. The Bertz CT molecular complexity index is 846. The molecule has 0 fully saturated rings. The Labute approximate surface area is 127 Å². The van der Waals surface area contributed by atoms with Gasteiger partial charge in [-0.05, 0) is 37.6 Å². The van der Waals surface area contributed by atoms with Crippen LogP contribution in [0.3, 0.4) is 0 Å². The van der Waals surface area contributed by atoms with Crippen LogP contribution < -0.4 is 4.72 Å². The first kappa shape index (κ1) is 15.9. The molecule has 1 N–H and O–H groups in total. The highest BCUT2D eigenvalue weighted by molar-refractivity contribution is 7.94. The lowest BCUT2D eigenvalue weighted by molar-refractivity contribution is 0.601. The molecule has 2 aromatic heterocycles. The maximum atomic E-state index is 12.2. The van der Waals surface area contributed by atoms with Crippen molar-refractivity contribution in [3.8, 4) is 0 Å². The van der Waals surface area contributed by atoms with E-state index in [9.17, 15) is 16.8 Å². The van der Waals surface area contributed by atoms with E-state index in [1.165, 1.54) is 23.5 Å². The highest BCUT2D eigenvalue weighted by atomic mass is 32.2. The first-order valence-electron chi connectivity index (χ1n) is 5.85. The molecule has 0 aliphatic heterocycles. The quantitative estimate of drug-likeness (QED) is 0.913. The predicted octanol–water partition coefficient (Wildman–Crippen LogP) is 1.96. The van der Waals surface area contributed by atoms with Crippen molar-refractivity contribution in [3.63, 3.8) is 0 Å². The minimum absolute atomic E-state index is 0.0354. The molecule has 0 aliphatic carbocycles. The monoisotopic (exact) mass is 346 g/mol. The Balaban J connectivity index is 2.29. The van der Waals surface area contributed by atoms with Crippen molar-refractivity contribution in [3.05, 3.63) is 34.8 Å². The van der Waals surface area contributed by atoms with Gasteiger partial charge in [-0.25, -0.2) is 21.8 Å². The van der Waals surface area contributed by atoms with Gasteiger partial charge in [-0.15, -0.1) is 11.3 Å².